The maximum Gasteiger partial charge on any atom is 0.143 e. The smallest absolute Gasteiger partial charge is 0.143 e. The number of para-hydroxylation sites is 2. The average molecular weight is 752 g/mol. The maximum atomic E-state index is 6.48. The zero-order chi connectivity index (χ0) is 38.9. The molecule has 0 saturated heterocycles. The Bertz CT molecular complexity index is 3340. The van der Waals surface area contributed by atoms with Crippen molar-refractivity contribution in [3.8, 4) is 22.3 Å². The summed E-state index contributed by atoms with van der Waals surface area (Å²) in [6, 6.07) is 81.9. The van der Waals surface area contributed by atoms with Gasteiger partial charge in [0.25, 0.3) is 0 Å². The van der Waals surface area contributed by atoms with E-state index in [9.17, 15) is 0 Å². The third-order valence-corrected chi connectivity index (χ3v) is 12.6. The SMILES string of the molecule is c1ccc(C2(c3ccc(N(c4ccc(-c5cccc6c5oc5ccccc56)cc4)c4cccc5ccccc45)c4ccccc34)c3ccccc3-c3ccccc32)cc1. The van der Waals surface area contributed by atoms with Gasteiger partial charge in [0.2, 0.25) is 0 Å². The zero-order valence-electron chi connectivity index (χ0n) is 32.2. The average Bonchev–Trinajstić information content (AvgIpc) is 3.84. The second kappa shape index (κ2) is 13.2. The van der Waals surface area contributed by atoms with Crippen LogP contribution in [-0.4, -0.2) is 0 Å². The topological polar surface area (TPSA) is 16.4 Å². The lowest BCUT2D eigenvalue weighted by Gasteiger charge is -2.36. The maximum absolute atomic E-state index is 6.48. The quantitative estimate of drug-likeness (QED) is 0.168. The van der Waals surface area contributed by atoms with Gasteiger partial charge in [-0.1, -0.05) is 194 Å². The molecule has 11 aromatic rings. The van der Waals surface area contributed by atoms with Crippen LogP contribution in [0.2, 0.25) is 0 Å². The fraction of sp³-hybridized carbons (Fsp3) is 0.0175. The largest absolute Gasteiger partial charge is 0.455 e. The van der Waals surface area contributed by atoms with Crippen LogP contribution < -0.4 is 4.90 Å². The Balaban J connectivity index is 1.10. The Labute approximate surface area is 342 Å². The molecule has 0 bridgehead atoms. The summed E-state index contributed by atoms with van der Waals surface area (Å²) in [6.07, 6.45) is 0. The van der Waals surface area contributed by atoms with Crippen LogP contribution in [0.1, 0.15) is 22.3 Å². The molecule has 0 aliphatic heterocycles. The summed E-state index contributed by atoms with van der Waals surface area (Å²) in [7, 11) is 0. The first-order chi connectivity index (χ1) is 29.3. The predicted octanol–water partition coefficient (Wildman–Crippen LogP) is 15.4. The van der Waals surface area contributed by atoms with Crippen LogP contribution in [0.5, 0.6) is 0 Å². The van der Waals surface area contributed by atoms with E-state index in [1.54, 1.807) is 0 Å². The lowest BCUT2D eigenvalue weighted by atomic mass is 9.66. The Morgan fingerprint density at radius 3 is 1.68 bits per heavy atom. The number of rotatable bonds is 6. The molecular weight excluding hydrogens is 715 g/mol. The lowest BCUT2D eigenvalue weighted by Crippen LogP contribution is -2.29. The van der Waals surface area contributed by atoms with Crippen molar-refractivity contribution in [1.29, 1.82) is 0 Å². The molecule has 59 heavy (non-hydrogen) atoms. The molecule has 1 heterocycles. The van der Waals surface area contributed by atoms with Gasteiger partial charge >= 0.3 is 0 Å². The first-order valence-electron chi connectivity index (χ1n) is 20.3. The molecule has 2 nitrogen and oxygen atoms in total. The fourth-order valence-corrected chi connectivity index (χ4v) is 10.1. The predicted molar refractivity (Wildman–Crippen MR) is 246 cm³/mol. The minimum absolute atomic E-state index is 0.518. The van der Waals surface area contributed by atoms with Crippen LogP contribution in [0.3, 0.4) is 0 Å². The summed E-state index contributed by atoms with van der Waals surface area (Å²) < 4.78 is 6.48. The monoisotopic (exact) mass is 751 g/mol. The highest BCUT2D eigenvalue weighted by Crippen LogP contribution is 2.58. The minimum Gasteiger partial charge on any atom is -0.455 e. The van der Waals surface area contributed by atoms with Crippen LogP contribution in [0, 0.1) is 0 Å². The van der Waals surface area contributed by atoms with Gasteiger partial charge in [-0.3, -0.25) is 0 Å². The molecular formula is C57H37NO. The first-order valence-corrected chi connectivity index (χ1v) is 20.3. The molecule has 276 valence electrons. The summed E-state index contributed by atoms with van der Waals surface area (Å²) in [5.41, 5.74) is 14.6. The molecule has 0 unspecified atom stereocenters. The van der Waals surface area contributed by atoms with Gasteiger partial charge in [0.1, 0.15) is 11.2 Å². The first kappa shape index (κ1) is 33.5. The molecule has 0 radical (unpaired) electrons. The third-order valence-electron chi connectivity index (χ3n) is 12.6. The number of fused-ring (bicyclic) bond motifs is 8. The molecule has 0 atom stereocenters. The highest BCUT2D eigenvalue weighted by atomic mass is 16.3. The Hall–Kier alpha value is -7.68. The van der Waals surface area contributed by atoms with Crippen LogP contribution in [0.15, 0.2) is 229 Å². The van der Waals surface area contributed by atoms with Gasteiger partial charge in [-0.2, -0.15) is 0 Å². The minimum atomic E-state index is -0.518. The van der Waals surface area contributed by atoms with Crippen LogP contribution >= 0.6 is 0 Å². The summed E-state index contributed by atoms with van der Waals surface area (Å²) in [4.78, 5) is 2.45. The van der Waals surface area contributed by atoms with E-state index >= 15 is 0 Å². The van der Waals surface area contributed by atoms with Crippen molar-refractivity contribution >= 4 is 60.5 Å². The van der Waals surface area contributed by atoms with E-state index in [0.717, 1.165) is 50.1 Å². The van der Waals surface area contributed by atoms with E-state index in [0.29, 0.717) is 0 Å². The molecule has 0 fully saturated rings. The van der Waals surface area contributed by atoms with E-state index in [4.69, 9.17) is 4.42 Å². The van der Waals surface area contributed by atoms with Crippen molar-refractivity contribution in [3.05, 3.63) is 247 Å². The Morgan fingerprint density at radius 1 is 0.339 bits per heavy atom. The molecule has 1 aliphatic rings. The summed E-state index contributed by atoms with van der Waals surface area (Å²) in [5.74, 6) is 0. The molecule has 2 heteroatoms. The van der Waals surface area contributed by atoms with Crippen molar-refractivity contribution in [1.82, 2.24) is 0 Å². The number of furan rings is 1. The van der Waals surface area contributed by atoms with E-state index in [1.807, 2.05) is 12.1 Å². The van der Waals surface area contributed by atoms with Crippen molar-refractivity contribution in [3.63, 3.8) is 0 Å². The highest BCUT2D eigenvalue weighted by molar-refractivity contribution is 6.10. The molecule has 0 saturated carbocycles. The normalized spacial score (nSPS) is 12.9. The number of anilines is 3. The van der Waals surface area contributed by atoms with Crippen molar-refractivity contribution < 1.29 is 4.42 Å². The molecule has 1 aliphatic carbocycles. The zero-order valence-corrected chi connectivity index (χ0v) is 32.2. The molecule has 12 rings (SSSR count). The van der Waals surface area contributed by atoms with Crippen molar-refractivity contribution in [2.75, 3.05) is 4.90 Å². The van der Waals surface area contributed by atoms with E-state index in [1.165, 1.54) is 54.9 Å². The van der Waals surface area contributed by atoms with Crippen LogP contribution in [-0.2, 0) is 5.41 Å². The summed E-state index contributed by atoms with van der Waals surface area (Å²) in [5, 5.41) is 7.07. The second-order valence-electron chi connectivity index (χ2n) is 15.5. The standard InChI is InChI=1S/C57H37NO/c1-2-18-40(19-3-1)57(50-28-11-8-21-44(50)45-22-9-12-29-51(45)57)52-36-37-54(47-24-7-6-23-46(47)52)58(53-30-14-17-38-16-4-5-20-42(38)53)41-34-32-39(33-35-41)43-26-15-27-49-48-25-10-13-31-55(48)59-56(43)49/h1-37H. The van der Waals surface area contributed by atoms with E-state index in [-0.39, 0.29) is 0 Å². The molecule has 0 N–H and O–H groups in total. The van der Waals surface area contributed by atoms with Crippen LogP contribution in [0.25, 0.3) is 65.7 Å². The molecule has 10 aromatic carbocycles. The van der Waals surface area contributed by atoms with Gasteiger partial charge in [0.05, 0.1) is 16.8 Å². The summed E-state index contributed by atoms with van der Waals surface area (Å²) in [6.45, 7) is 0. The van der Waals surface area contributed by atoms with Crippen molar-refractivity contribution in [2.24, 2.45) is 0 Å². The Morgan fingerprint density at radius 2 is 0.898 bits per heavy atom. The van der Waals surface area contributed by atoms with Gasteiger partial charge in [-0.25, -0.2) is 0 Å². The fourth-order valence-electron chi connectivity index (χ4n) is 10.1. The van der Waals surface area contributed by atoms with Gasteiger partial charge in [0, 0.05) is 32.8 Å². The number of nitrogens with zero attached hydrogens (tertiary/aromatic N) is 1. The second-order valence-corrected chi connectivity index (χ2v) is 15.5. The highest BCUT2D eigenvalue weighted by Gasteiger charge is 2.46. The Kier molecular flexibility index (Phi) is 7.48. The van der Waals surface area contributed by atoms with E-state index in [2.05, 4.69) is 217 Å². The molecule has 1 aromatic heterocycles. The van der Waals surface area contributed by atoms with Gasteiger partial charge in [-0.15, -0.1) is 0 Å². The van der Waals surface area contributed by atoms with Gasteiger partial charge < -0.3 is 9.32 Å². The van der Waals surface area contributed by atoms with Gasteiger partial charge in [-0.05, 0) is 80.0 Å². The number of hydrogen-bond acceptors (Lipinski definition) is 2. The number of hydrogen-bond donors (Lipinski definition) is 0. The number of benzene rings is 10. The lowest BCUT2D eigenvalue weighted by molar-refractivity contribution is 0.670. The van der Waals surface area contributed by atoms with E-state index < -0.39 is 5.41 Å². The summed E-state index contributed by atoms with van der Waals surface area (Å²) >= 11 is 0. The third kappa shape index (κ3) is 4.93. The van der Waals surface area contributed by atoms with Gasteiger partial charge in [0.15, 0.2) is 0 Å². The van der Waals surface area contributed by atoms with Crippen LogP contribution in [0.4, 0.5) is 17.1 Å². The molecule has 0 amide bonds. The van der Waals surface area contributed by atoms with Crippen molar-refractivity contribution in [2.45, 2.75) is 5.41 Å². The molecule has 0 spiro atoms.